The Hall–Kier alpha value is -3.44. The number of nitrogens with zero attached hydrogens (tertiary/aromatic N) is 8. The fourth-order valence-corrected chi connectivity index (χ4v) is 13.5. The van der Waals surface area contributed by atoms with Gasteiger partial charge >= 0.3 is 0 Å². The lowest BCUT2D eigenvalue weighted by Gasteiger charge is -2.36. The quantitative estimate of drug-likeness (QED) is 0.178. The third-order valence-corrected chi connectivity index (χ3v) is 19.3. The number of carbonyl (C=O) groups is 2. The predicted octanol–water partition coefficient (Wildman–Crippen LogP) is 3.15. The summed E-state index contributed by atoms with van der Waals surface area (Å²) >= 11 is 0. The largest absolute Gasteiger partial charge is 0.497 e. The molecular weight excluding hydrogens is 937 g/mol. The normalized spacial score (nSPS) is 22.0. The van der Waals surface area contributed by atoms with Gasteiger partial charge in [0.2, 0.25) is 31.9 Å². The molecule has 2 unspecified atom stereocenters. The number of piperazine rings is 2. The van der Waals surface area contributed by atoms with Gasteiger partial charge in [0, 0.05) is 118 Å². The molecule has 2 saturated carbocycles. The highest BCUT2D eigenvalue weighted by atomic mass is 32.2. The SMILES string of the molecule is COc1cc(C)c(S(=O)(=O)N(C)CCOCC(=O)N(C)C2CCC(N3CCN(C)CC3)C2)c(C)c1.COc1cc(C)c(S(=O)(=O)N(C)CCOCC(=O)N(C)[C@@H]2CC[C@H](N3CCN(C)CC3)C2)c(C)c1. The van der Waals surface area contributed by atoms with Gasteiger partial charge in [-0.1, -0.05) is 0 Å². The Morgan fingerprint density at radius 1 is 0.543 bits per heavy atom. The molecule has 2 aromatic carbocycles. The molecule has 2 saturated heterocycles. The zero-order valence-corrected chi connectivity index (χ0v) is 45.9. The minimum atomic E-state index is -3.68. The Morgan fingerprint density at radius 2 is 0.857 bits per heavy atom. The van der Waals surface area contributed by atoms with Crippen molar-refractivity contribution in [2.24, 2.45) is 0 Å². The highest BCUT2D eigenvalue weighted by Gasteiger charge is 2.36. The highest BCUT2D eigenvalue weighted by Crippen LogP contribution is 2.31. The lowest BCUT2D eigenvalue weighted by molar-refractivity contribution is -0.137. The molecule has 0 N–H and O–H groups in total. The average molecular weight is 1020 g/mol. The smallest absolute Gasteiger partial charge is 0.248 e. The Labute approximate surface area is 420 Å². The zero-order chi connectivity index (χ0) is 51.5. The standard InChI is InChI=1S/2C25H42N4O5S/c2*1-19-15-23(33-6)16-20(2)25(19)35(31,32)27(4)13-14-34-18-24(30)28(5)21-7-8-22(17-21)29-11-9-26(3)10-12-29/h2*15-16,21-22H,7-14,17-18H2,1-6H3/t21-,22+;/m1./s1. The van der Waals surface area contributed by atoms with E-state index in [1.165, 1.54) is 22.7 Å². The first-order valence-electron chi connectivity index (χ1n) is 24.8. The lowest BCUT2D eigenvalue weighted by Crippen LogP contribution is -2.48. The maximum absolute atomic E-state index is 13.1. The number of rotatable bonds is 20. The van der Waals surface area contributed by atoms with E-state index < -0.39 is 20.0 Å². The summed E-state index contributed by atoms with van der Waals surface area (Å²) in [7, 11) is 6.86. The van der Waals surface area contributed by atoms with E-state index in [1.54, 1.807) is 66.2 Å². The van der Waals surface area contributed by atoms with E-state index in [-0.39, 0.29) is 73.2 Å². The van der Waals surface area contributed by atoms with Crippen molar-refractivity contribution in [3.63, 3.8) is 0 Å². The molecule has 0 aromatic heterocycles. The summed E-state index contributed by atoms with van der Waals surface area (Å²) in [5.41, 5.74) is 2.55. The predicted molar refractivity (Wildman–Crippen MR) is 273 cm³/mol. The van der Waals surface area contributed by atoms with Crippen molar-refractivity contribution in [2.45, 2.75) is 100 Å². The molecule has 0 radical (unpaired) electrons. The first-order valence-corrected chi connectivity index (χ1v) is 27.7. The number of hydrogen-bond donors (Lipinski definition) is 0. The first-order chi connectivity index (χ1) is 33.1. The van der Waals surface area contributed by atoms with Gasteiger partial charge in [-0.15, -0.1) is 0 Å². The van der Waals surface area contributed by atoms with E-state index in [2.05, 4.69) is 33.7 Å². The third kappa shape index (κ3) is 14.8. The van der Waals surface area contributed by atoms with E-state index in [1.807, 2.05) is 23.9 Å². The van der Waals surface area contributed by atoms with Crippen LogP contribution in [-0.2, 0) is 39.1 Å². The van der Waals surface area contributed by atoms with Crippen molar-refractivity contribution in [3.8, 4) is 11.5 Å². The fourth-order valence-electron chi connectivity index (χ4n) is 10.3. The number of amides is 2. The number of methoxy groups -OCH3 is 2. The molecule has 2 aliphatic carbocycles. The van der Waals surface area contributed by atoms with Gasteiger partial charge in [0.05, 0.1) is 37.2 Å². The van der Waals surface area contributed by atoms with Crippen molar-refractivity contribution in [3.05, 3.63) is 46.5 Å². The van der Waals surface area contributed by atoms with Gasteiger partial charge < -0.3 is 38.5 Å². The van der Waals surface area contributed by atoms with E-state index in [0.29, 0.717) is 45.8 Å². The molecule has 2 aliphatic heterocycles. The number of hydrogen-bond acceptors (Lipinski definition) is 14. The molecule has 4 aliphatic rings. The molecule has 0 bridgehead atoms. The van der Waals surface area contributed by atoms with Crippen LogP contribution < -0.4 is 9.47 Å². The third-order valence-electron chi connectivity index (χ3n) is 15.0. The van der Waals surface area contributed by atoms with E-state index in [9.17, 15) is 26.4 Å². The van der Waals surface area contributed by atoms with Gasteiger partial charge in [0.1, 0.15) is 24.7 Å². The van der Waals surface area contributed by atoms with E-state index in [4.69, 9.17) is 18.9 Å². The summed E-state index contributed by atoms with van der Waals surface area (Å²) < 4.78 is 76.7. The molecule has 70 heavy (non-hydrogen) atoms. The van der Waals surface area contributed by atoms with Gasteiger partial charge in [0.15, 0.2) is 0 Å². The molecule has 4 fully saturated rings. The molecule has 2 heterocycles. The van der Waals surface area contributed by atoms with E-state index in [0.717, 1.165) is 90.9 Å². The van der Waals surface area contributed by atoms with Crippen LogP contribution in [-0.4, -0.2) is 239 Å². The van der Waals surface area contributed by atoms with Gasteiger partial charge in [0.25, 0.3) is 0 Å². The van der Waals surface area contributed by atoms with Crippen LogP contribution in [0, 0.1) is 27.7 Å². The lowest BCUT2D eigenvalue weighted by atomic mass is 10.1. The number of likely N-dealkylation sites (N-methyl/N-ethyl adjacent to an activating group) is 6. The molecule has 20 heteroatoms. The number of carbonyl (C=O) groups excluding carboxylic acids is 2. The summed E-state index contributed by atoms with van der Waals surface area (Å²) in [5.74, 6) is 1.15. The van der Waals surface area contributed by atoms with Crippen molar-refractivity contribution < 1.29 is 45.4 Å². The van der Waals surface area contributed by atoms with Gasteiger partial charge in [-0.3, -0.25) is 19.4 Å². The number of sulfonamides is 2. The van der Waals surface area contributed by atoms with Crippen LogP contribution in [0.15, 0.2) is 34.1 Å². The molecule has 2 aromatic rings. The molecule has 0 spiro atoms. The summed E-state index contributed by atoms with van der Waals surface area (Å²) in [6.45, 7) is 16.4. The molecule has 18 nitrogen and oxygen atoms in total. The Kier molecular flexibility index (Phi) is 21.3. The minimum Gasteiger partial charge on any atom is -0.497 e. The fraction of sp³-hybridized carbons (Fsp3) is 0.720. The van der Waals surface area contributed by atoms with Gasteiger partial charge in [-0.05, 0) is 127 Å². The molecule has 6 rings (SSSR count). The summed E-state index contributed by atoms with van der Waals surface area (Å²) in [4.78, 5) is 39.5. The monoisotopic (exact) mass is 1020 g/mol. The molecule has 2 amide bonds. The van der Waals surface area contributed by atoms with Crippen LogP contribution in [0.25, 0.3) is 0 Å². The first kappa shape index (κ1) is 57.5. The highest BCUT2D eigenvalue weighted by molar-refractivity contribution is 7.89. The number of benzene rings is 2. The Morgan fingerprint density at radius 3 is 1.16 bits per heavy atom. The van der Waals surface area contributed by atoms with Crippen LogP contribution in [0.2, 0.25) is 0 Å². The maximum atomic E-state index is 13.1. The van der Waals surface area contributed by atoms with Crippen LogP contribution in [0.3, 0.4) is 0 Å². The van der Waals surface area contributed by atoms with Crippen molar-refractivity contribution in [1.29, 1.82) is 0 Å². The van der Waals surface area contributed by atoms with Crippen LogP contribution in [0.5, 0.6) is 11.5 Å². The van der Waals surface area contributed by atoms with Crippen LogP contribution in [0.4, 0.5) is 0 Å². The average Bonchev–Trinajstić information content (AvgIpc) is 4.03. The van der Waals surface area contributed by atoms with E-state index >= 15 is 0 Å². The molecule has 396 valence electrons. The topological polar surface area (TPSA) is 165 Å². The Balaban J connectivity index is 0.000000261. The molecular formula is C50H84N8O10S2. The second-order valence-corrected chi connectivity index (χ2v) is 23.8. The van der Waals surface area contributed by atoms with Crippen molar-refractivity contribution >= 4 is 31.9 Å². The number of aryl methyl sites for hydroxylation is 4. The van der Waals surface area contributed by atoms with Crippen molar-refractivity contribution in [2.75, 3.05) is 148 Å². The zero-order valence-electron chi connectivity index (χ0n) is 44.2. The maximum Gasteiger partial charge on any atom is 0.248 e. The molecule has 4 atom stereocenters. The van der Waals surface area contributed by atoms with Crippen LogP contribution in [0.1, 0.15) is 60.8 Å². The second-order valence-electron chi connectivity index (χ2n) is 19.9. The van der Waals surface area contributed by atoms with Gasteiger partial charge in [-0.2, -0.15) is 8.61 Å². The summed E-state index contributed by atoms with van der Waals surface area (Å²) in [5, 5.41) is 0. The summed E-state index contributed by atoms with van der Waals surface area (Å²) in [6, 6.07) is 8.44. The minimum absolute atomic E-state index is 0.0410. The summed E-state index contributed by atoms with van der Waals surface area (Å²) in [6.07, 6.45) is 6.29. The van der Waals surface area contributed by atoms with Gasteiger partial charge in [-0.25, -0.2) is 16.8 Å². The van der Waals surface area contributed by atoms with Crippen molar-refractivity contribution in [1.82, 2.24) is 38.0 Å². The Bertz CT molecular complexity index is 2070. The second kappa shape index (κ2) is 26.0. The van der Waals surface area contributed by atoms with Crippen LogP contribution >= 0.6 is 0 Å². The number of ether oxygens (including phenoxy) is 4.